The van der Waals surface area contributed by atoms with E-state index in [4.69, 9.17) is 6.42 Å². The van der Waals surface area contributed by atoms with Gasteiger partial charge in [-0.15, -0.1) is 0 Å². The van der Waals surface area contributed by atoms with E-state index in [0.717, 1.165) is 25.7 Å². The van der Waals surface area contributed by atoms with Crippen molar-refractivity contribution in [3.05, 3.63) is 40.8 Å². The zero-order chi connectivity index (χ0) is 11.3. The van der Waals surface area contributed by atoms with Crippen LogP contribution in [0.2, 0.25) is 0 Å². The van der Waals surface area contributed by atoms with Crippen LogP contribution in [0.25, 0.3) is 0 Å². The van der Waals surface area contributed by atoms with Crippen LogP contribution in [-0.2, 0) is 6.42 Å². The highest BCUT2D eigenvalue weighted by Gasteiger charge is 2.04. The minimum atomic E-state index is 0.796. The van der Waals surface area contributed by atoms with Crippen LogP contribution in [-0.4, -0.2) is 0 Å². The molecular formula is C15H19. The third-order valence-electron chi connectivity index (χ3n) is 3.08. The van der Waals surface area contributed by atoms with Crippen LogP contribution in [0.1, 0.15) is 41.5 Å². The Morgan fingerprint density at radius 3 is 2.40 bits per heavy atom. The SMILES string of the molecule is [C]#CCCCCc1c(C)ccc(C)c1C. The van der Waals surface area contributed by atoms with Gasteiger partial charge in [-0.05, 0) is 68.7 Å². The van der Waals surface area contributed by atoms with Crippen molar-refractivity contribution < 1.29 is 0 Å². The maximum Gasteiger partial charge on any atom is 0.00990 e. The summed E-state index contributed by atoms with van der Waals surface area (Å²) >= 11 is 0. The fraction of sp³-hybridized carbons (Fsp3) is 0.467. The highest BCUT2D eigenvalue weighted by atomic mass is 14.1. The fourth-order valence-electron chi connectivity index (χ4n) is 1.91. The summed E-state index contributed by atoms with van der Waals surface area (Å²) in [6, 6.07) is 4.40. The first-order chi connectivity index (χ1) is 7.16. The van der Waals surface area contributed by atoms with Crippen LogP contribution in [0, 0.1) is 33.1 Å². The second-order valence-electron chi connectivity index (χ2n) is 4.19. The molecule has 0 saturated carbocycles. The van der Waals surface area contributed by atoms with Crippen LogP contribution in [0.15, 0.2) is 12.1 Å². The van der Waals surface area contributed by atoms with Crippen molar-refractivity contribution in [2.45, 2.75) is 46.5 Å². The summed E-state index contributed by atoms with van der Waals surface area (Å²) in [5.41, 5.74) is 5.72. The summed E-state index contributed by atoms with van der Waals surface area (Å²) in [5.74, 6) is 2.44. The molecule has 0 atom stereocenters. The molecule has 0 spiro atoms. The molecule has 1 rings (SSSR count). The Morgan fingerprint density at radius 2 is 1.73 bits per heavy atom. The molecule has 0 nitrogen and oxygen atoms in total. The quantitative estimate of drug-likeness (QED) is 0.509. The summed E-state index contributed by atoms with van der Waals surface area (Å²) in [6.45, 7) is 6.56. The Morgan fingerprint density at radius 1 is 1.07 bits per heavy atom. The van der Waals surface area contributed by atoms with Crippen molar-refractivity contribution in [2.24, 2.45) is 0 Å². The summed E-state index contributed by atoms with van der Waals surface area (Å²) in [7, 11) is 0. The first-order valence-corrected chi connectivity index (χ1v) is 5.62. The zero-order valence-electron chi connectivity index (χ0n) is 9.98. The van der Waals surface area contributed by atoms with E-state index < -0.39 is 0 Å². The van der Waals surface area contributed by atoms with Crippen LogP contribution < -0.4 is 0 Å². The predicted octanol–water partition coefficient (Wildman–Crippen LogP) is 3.91. The maximum absolute atomic E-state index is 6.85. The van der Waals surface area contributed by atoms with Gasteiger partial charge >= 0.3 is 0 Å². The molecule has 1 aromatic rings. The van der Waals surface area contributed by atoms with E-state index in [1.807, 2.05) is 0 Å². The predicted molar refractivity (Wildman–Crippen MR) is 65.3 cm³/mol. The largest absolute Gasteiger partial charge is 0.0891 e. The highest BCUT2D eigenvalue weighted by Crippen LogP contribution is 2.19. The van der Waals surface area contributed by atoms with Gasteiger partial charge in [0.25, 0.3) is 0 Å². The van der Waals surface area contributed by atoms with Crippen LogP contribution in [0.4, 0.5) is 0 Å². The molecule has 0 N–H and O–H groups in total. The van der Waals surface area contributed by atoms with E-state index >= 15 is 0 Å². The second-order valence-corrected chi connectivity index (χ2v) is 4.19. The first-order valence-electron chi connectivity index (χ1n) is 5.62. The minimum absolute atomic E-state index is 0.796. The van der Waals surface area contributed by atoms with Crippen molar-refractivity contribution >= 4 is 0 Å². The number of hydrogen-bond acceptors (Lipinski definition) is 0. The smallest absolute Gasteiger partial charge is 0.00990 e. The van der Waals surface area contributed by atoms with Gasteiger partial charge in [0, 0.05) is 6.42 Å². The summed E-state index contributed by atoms with van der Waals surface area (Å²) < 4.78 is 0. The average molecular weight is 199 g/mol. The van der Waals surface area contributed by atoms with Gasteiger partial charge in [0.2, 0.25) is 0 Å². The fourth-order valence-corrected chi connectivity index (χ4v) is 1.91. The van der Waals surface area contributed by atoms with Gasteiger partial charge in [0.1, 0.15) is 0 Å². The summed E-state index contributed by atoms with van der Waals surface area (Å²) in [4.78, 5) is 0. The molecule has 0 heterocycles. The van der Waals surface area contributed by atoms with Crippen LogP contribution in [0.3, 0.4) is 0 Å². The average Bonchev–Trinajstić information content (AvgIpc) is 2.23. The van der Waals surface area contributed by atoms with Crippen molar-refractivity contribution in [1.29, 1.82) is 0 Å². The lowest BCUT2D eigenvalue weighted by atomic mass is 9.94. The standard InChI is InChI=1S/C15H19/c1-5-6-7-8-9-15-13(3)11-10-12(2)14(15)4/h10-11H,6-9H2,2-4H3. The number of rotatable bonds is 4. The second kappa shape index (κ2) is 5.61. The molecule has 0 bridgehead atoms. The van der Waals surface area contributed by atoms with Gasteiger partial charge in [-0.3, -0.25) is 0 Å². The van der Waals surface area contributed by atoms with E-state index in [2.05, 4.69) is 38.8 Å². The third kappa shape index (κ3) is 3.13. The van der Waals surface area contributed by atoms with Gasteiger partial charge in [0.15, 0.2) is 0 Å². The van der Waals surface area contributed by atoms with E-state index in [0.29, 0.717) is 0 Å². The van der Waals surface area contributed by atoms with Crippen molar-refractivity contribution in [3.8, 4) is 5.92 Å². The van der Waals surface area contributed by atoms with E-state index in [1.165, 1.54) is 22.3 Å². The first kappa shape index (κ1) is 11.9. The minimum Gasteiger partial charge on any atom is -0.0891 e. The molecule has 0 fully saturated rings. The highest BCUT2D eigenvalue weighted by molar-refractivity contribution is 5.39. The van der Waals surface area contributed by atoms with Gasteiger partial charge in [-0.2, -0.15) is 0 Å². The lowest BCUT2D eigenvalue weighted by molar-refractivity contribution is 0.750. The van der Waals surface area contributed by atoms with Crippen molar-refractivity contribution in [1.82, 2.24) is 0 Å². The van der Waals surface area contributed by atoms with Crippen LogP contribution in [0.5, 0.6) is 0 Å². The molecule has 1 aromatic carbocycles. The number of benzene rings is 1. The number of hydrogen-bond donors (Lipinski definition) is 0. The Bertz CT molecular complexity index is 366. The van der Waals surface area contributed by atoms with Gasteiger partial charge in [-0.1, -0.05) is 18.1 Å². The molecule has 1 radical (unpaired) electrons. The Hall–Kier alpha value is -1.22. The Balaban J connectivity index is 2.68. The molecule has 0 aliphatic carbocycles. The number of aryl methyl sites for hydroxylation is 2. The molecule has 0 aliphatic rings. The van der Waals surface area contributed by atoms with Crippen molar-refractivity contribution in [2.75, 3.05) is 0 Å². The van der Waals surface area contributed by atoms with E-state index in [1.54, 1.807) is 0 Å². The molecule has 0 amide bonds. The summed E-state index contributed by atoms with van der Waals surface area (Å²) in [6.07, 6.45) is 11.0. The van der Waals surface area contributed by atoms with Gasteiger partial charge < -0.3 is 0 Å². The van der Waals surface area contributed by atoms with Crippen molar-refractivity contribution in [3.63, 3.8) is 0 Å². The van der Waals surface area contributed by atoms with Gasteiger partial charge in [-0.25, -0.2) is 0 Å². The Kier molecular flexibility index (Phi) is 4.43. The lowest BCUT2D eigenvalue weighted by Crippen LogP contribution is -1.96. The molecule has 79 valence electrons. The van der Waals surface area contributed by atoms with Crippen LogP contribution >= 0.6 is 0 Å². The Labute approximate surface area is 93.7 Å². The third-order valence-corrected chi connectivity index (χ3v) is 3.08. The molecule has 0 aliphatic heterocycles. The monoisotopic (exact) mass is 199 g/mol. The lowest BCUT2D eigenvalue weighted by Gasteiger charge is -2.11. The van der Waals surface area contributed by atoms with E-state index in [9.17, 15) is 0 Å². The molecule has 0 aromatic heterocycles. The van der Waals surface area contributed by atoms with Gasteiger partial charge in [0.05, 0.1) is 0 Å². The molecule has 0 saturated heterocycles. The molecule has 15 heavy (non-hydrogen) atoms. The topological polar surface area (TPSA) is 0 Å². The normalized spacial score (nSPS) is 10.0. The zero-order valence-corrected chi connectivity index (χ0v) is 9.98. The maximum atomic E-state index is 6.85. The number of unbranched alkanes of at least 4 members (excludes halogenated alkanes) is 2. The van der Waals surface area contributed by atoms with E-state index in [-0.39, 0.29) is 0 Å². The molecule has 0 unspecified atom stereocenters. The molecular weight excluding hydrogens is 180 g/mol. The summed E-state index contributed by atoms with van der Waals surface area (Å²) in [5, 5.41) is 0. The molecule has 0 heteroatoms.